The fourth-order valence-electron chi connectivity index (χ4n) is 1.67. The number of halogens is 2. The molecular weight excluding hydrogens is 311 g/mol. The van der Waals surface area contributed by atoms with Crippen LogP contribution >= 0.6 is 15.9 Å². The van der Waals surface area contributed by atoms with Crippen LogP contribution in [0, 0.1) is 11.7 Å². The molecule has 3 nitrogen and oxygen atoms in total. The van der Waals surface area contributed by atoms with Gasteiger partial charge in [-0.05, 0) is 30.7 Å². The minimum absolute atomic E-state index is 0.327. The van der Waals surface area contributed by atoms with Crippen LogP contribution in [0.2, 0.25) is 0 Å². The highest BCUT2D eigenvalue weighted by Crippen LogP contribution is 2.26. The molecule has 1 heterocycles. The quantitative estimate of drug-likeness (QED) is 0.902. The first-order valence-electron chi connectivity index (χ1n) is 6.17. The lowest BCUT2D eigenvalue weighted by atomic mass is 10.2. The third kappa shape index (κ3) is 3.88. The summed E-state index contributed by atoms with van der Waals surface area (Å²) in [6.45, 7) is 5.71. The predicted octanol–water partition coefficient (Wildman–Crippen LogP) is 3.99. The second kappa shape index (κ2) is 6.30. The lowest BCUT2D eigenvalue weighted by Crippen LogP contribution is -2.18. The van der Waals surface area contributed by atoms with Crippen molar-refractivity contribution in [3.05, 3.63) is 40.6 Å². The van der Waals surface area contributed by atoms with Gasteiger partial charge in [-0.3, -0.25) is 0 Å². The van der Waals surface area contributed by atoms with Crippen LogP contribution in [0.5, 0.6) is 0 Å². The van der Waals surface area contributed by atoms with Crippen molar-refractivity contribution >= 4 is 15.9 Å². The van der Waals surface area contributed by atoms with Gasteiger partial charge < -0.3 is 9.73 Å². The van der Waals surface area contributed by atoms with Gasteiger partial charge in [-0.15, -0.1) is 0 Å². The summed E-state index contributed by atoms with van der Waals surface area (Å²) in [5.74, 6) is 1.26. The summed E-state index contributed by atoms with van der Waals surface area (Å²) in [5.41, 5.74) is 0.422. The Hall–Kier alpha value is -1.20. The van der Waals surface area contributed by atoms with Crippen molar-refractivity contribution in [2.75, 3.05) is 6.54 Å². The summed E-state index contributed by atoms with van der Waals surface area (Å²) in [7, 11) is 0. The standard InChI is InChI=1S/C14H16BrFN2O/c1-9(2)6-17-8-14-18-7-13(19-14)11-4-3-10(15)5-12(11)16/h3-5,7,9,17H,6,8H2,1-2H3. The van der Waals surface area contributed by atoms with Crippen molar-refractivity contribution in [2.45, 2.75) is 20.4 Å². The Morgan fingerprint density at radius 3 is 2.89 bits per heavy atom. The maximum atomic E-state index is 13.8. The minimum Gasteiger partial charge on any atom is -0.439 e. The maximum absolute atomic E-state index is 13.8. The van der Waals surface area contributed by atoms with Gasteiger partial charge in [0, 0.05) is 4.47 Å². The molecule has 1 aromatic heterocycles. The monoisotopic (exact) mass is 326 g/mol. The van der Waals surface area contributed by atoms with Crippen LogP contribution < -0.4 is 5.32 Å². The van der Waals surface area contributed by atoms with Crippen LogP contribution in [0.1, 0.15) is 19.7 Å². The summed E-state index contributed by atoms with van der Waals surface area (Å²) in [5, 5.41) is 3.23. The molecular formula is C14H16BrFN2O. The maximum Gasteiger partial charge on any atom is 0.208 e. The third-order valence-electron chi connectivity index (χ3n) is 2.58. The van der Waals surface area contributed by atoms with E-state index in [1.807, 2.05) is 0 Å². The molecule has 0 saturated heterocycles. The van der Waals surface area contributed by atoms with Crippen molar-refractivity contribution in [2.24, 2.45) is 5.92 Å². The predicted molar refractivity (Wildman–Crippen MR) is 76.1 cm³/mol. The Morgan fingerprint density at radius 1 is 1.42 bits per heavy atom. The van der Waals surface area contributed by atoms with Crippen molar-refractivity contribution < 1.29 is 8.81 Å². The zero-order valence-corrected chi connectivity index (χ0v) is 12.5. The van der Waals surface area contributed by atoms with Crippen LogP contribution in [0.4, 0.5) is 4.39 Å². The molecule has 2 aromatic rings. The van der Waals surface area contributed by atoms with Crippen LogP contribution in [0.25, 0.3) is 11.3 Å². The van der Waals surface area contributed by atoms with Gasteiger partial charge in [-0.1, -0.05) is 29.8 Å². The summed E-state index contributed by atoms with van der Waals surface area (Å²) < 4.78 is 20.0. The molecule has 0 aliphatic carbocycles. The number of hydrogen-bond acceptors (Lipinski definition) is 3. The Morgan fingerprint density at radius 2 is 2.21 bits per heavy atom. The van der Waals surface area contributed by atoms with E-state index in [0.717, 1.165) is 6.54 Å². The highest BCUT2D eigenvalue weighted by molar-refractivity contribution is 9.10. The second-order valence-electron chi connectivity index (χ2n) is 4.77. The Kier molecular flexibility index (Phi) is 4.71. The van der Waals surface area contributed by atoms with Gasteiger partial charge in [0.2, 0.25) is 5.89 Å². The van der Waals surface area contributed by atoms with Gasteiger partial charge in [0.1, 0.15) is 5.82 Å². The average Bonchev–Trinajstić information content (AvgIpc) is 2.77. The van der Waals surface area contributed by atoms with Crippen LogP contribution in [0.15, 0.2) is 33.3 Å². The molecule has 0 amide bonds. The van der Waals surface area contributed by atoms with Gasteiger partial charge in [0.05, 0.1) is 18.3 Å². The van der Waals surface area contributed by atoms with E-state index in [1.54, 1.807) is 18.3 Å². The molecule has 19 heavy (non-hydrogen) atoms. The molecule has 0 fully saturated rings. The van der Waals surface area contributed by atoms with E-state index in [2.05, 4.69) is 40.1 Å². The van der Waals surface area contributed by atoms with Gasteiger partial charge in [0.25, 0.3) is 0 Å². The molecule has 0 spiro atoms. The zero-order valence-electron chi connectivity index (χ0n) is 10.9. The van der Waals surface area contributed by atoms with Crippen LogP contribution in [0.3, 0.4) is 0 Å². The fraction of sp³-hybridized carbons (Fsp3) is 0.357. The van der Waals surface area contributed by atoms with E-state index >= 15 is 0 Å². The molecule has 0 aliphatic rings. The molecule has 0 unspecified atom stereocenters. The van der Waals surface area contributed by atoms with E-state index < -0.39 is 0 Å². The average molecular weight is 327 g/mol. The van der Waals surface area contributed by atoms with E-state index in [0.29, 0.717) is 34.1 Å². The summed E-state index contributed by atoms with van der Waals surface area (Å²) in [6, 6.07) is 4.86. The minimum atomic E-state index is -0.327. The highest BCUT2D eigenvalue weighted by atomic mass is 79.9. The number of hydrogen-bond donors (Lipinski definition) is 1. The molecule has 0 atom stereocenters. The smallest absolute Gasteiger partial charge is 0.208 e. The van der Waals surface area contributed by atoms with Gasteiger partial charge in [-0.2, -0.15) is 0 Å². The van der Waals surface area contributed by atoms with Gasteiger partial charge in [0.15, 0.2) is 5.76 Å². The first kappa shape index (κ1) is 14.2. The summed E-state index contributed by atoms with van der Waals surface area (Å²) >= 11 is 3.23. The Bertz CT molecular complexity index is 554. The van der Waals surface area contributed by atoms with Crippen LogP contribution in [-0.2, 0) is 6.54 Å². The van der Waals surface area contributed by atoms with Gasteiger partial charge >= 0.3 is 0 Å². The number of aromatic nitrogens is 1. The Labute approximate surface area is 120 Å². The van der Waals surface area contributed by atoms with Crippen molar-refractivity contribution in [1.82, 2.24) is 10.3 Å². The van der Waals surface area contributed by atoms with E-state index in [-0.39, 0.29) is 5.82 Å². The van der Waals surface area contributed by atoms with E-state index in [9.17, 15) is 4.39 Å². The molecule has 0 radical (unpaired) electrons. The first-order chi connectivity index (χ1) is 9.06. The van der Waals surface area contributed by atoms with E-state index in [1.165, 1.54) is 6.07 Å². The van der Waals surface area contributed by atoms with E-state index in [4.69, 9.17) is 4.42 Å². The number of benzene rings is 1. The number of nitrogens with zero attached hydrogens (tertiary/aromatic N) is 1. The van der Waals surface area contributed by atoms with Crippen molar-refractivity contribution in [3.8, 4) is 11.3 Å². The molecule has 2 rings (SSSR count). The normalized spacial score (nSPS) is 11.2. The Balaban J connectivity index is 2.08. The lowest BCUT2D eigenvalue weighted by Gasteiger charge is -2.04. The molecule has 1 aromatic carbocycles. The molecule has 0 saturated carbocycles. The largest absolute Gasteiger partial charge is 0.439 e. The fourth-order valence-corrected chi connectivity index (χ4v) is 2.01. The number of nitrogens with one attached hydrogen (secondary N) is 1. The highest BCUT2D eigenvalue weighted by Gasteiger charge is 2.11. The summed E-state index contributed by atoms with van der Waals surface area (Å²) in [4.78, 5) is 4.15. The van der Waals surface area contributed by atoms with Crippen LogP contribution in [-0.4, -0.2) is 11.5 Å². The molecule has 5 heteroatoms. The van der Waals surface area contributed by atoms with Crippen molar-refractivity contribution in [3.63, 3.8) is 0 Å². The molecule has 0 bridgehead atoms. The zero-order chi connectivity index (χ0) is 13.8. The third-order valence-corrected chi connectivity index (χ3v) is 3.07. The SMILES string of the molecule is CC(C)CNCc1ncc(-c2ccc(Br)cc2F)o1. The van der Waals surface area contributed by atoms with Gasteiger partial charge in [-0.25, -0.2) is 9.37 Å². The summed E-state index contributed by atoms with van der Waals surface area (Å²) in [6.07, 6.45) is 1.55. The van der Waals surface area contributed by atoms with Crippen molar-refractivity contribution in [1.29, 1.82) is 0 Å². The second-order valence-corrected chi connectivity index (χ2v) is 5.68. The first-order valence-corrected chi connectivity index (χ1v) is 6.96. The molecule has 102 valence electrons. The topological polar surface area (TPSA) is 38.1 Å². The number of oxazole rings is 1. The number of rotatable bonds is 5. The molecule has 1 N–H and O–H groups in total. The molecule has 0 aliphatic heterocycles. The lowest BCUT2D eigenvalue weighted by molar-refractivity contribution is 0.457.